The zero-order chi connectivity index (χ0) is 52.7. The predicted octanol–water partition coefficient (Wildman–Crippen LogP) is 3.82. The number of carboxylic acids is 1. The van der Waals surface area contributed by atoms with Gasteiger partial charge in [0.05, 0.1) is 64.9 Å². The number of nitrogens with zero attached hydrogens (tertiary/aromatic N) is 8. The number of esters is 1. The number of hydrogen-bond acceptors (Lipinski definition) is 12. The van der Waals surface area contributed by atoms with E-state index >= 15 is 0 Å². The Morgan fingerprint density at radius 3 is 2.04 bits per heavy atom. The van der Waals surface area contributed by atoms with Crippen LogP contribution in [-0.2, 0) is 57.9 Å². The molecule has 1 aromatic heterocycles. The van der Waals surface area contributed by atoms with Gasteiger partial charge in [-0.1, -0.05) is 72.3 Å². The quantitative estimate of drug-likeness (QED) is 0.0555. The highest BCUT2D eigenvalue weighted by Crippen LogP contribution is 2.16. The van der Waals surface area contributed by atoms with Crippen LogP contribution in [0.5, 0.6) is 0 Å². The number of rotatable bonds is 31. The first-order valence-electron chi connectivity index (χ1n) is 24.6. The van der Waals surface area contributed by atoms with E-state index in [2.05, 4.69) is 54.0 Å². The Morgan fingerprint density at radius 2 is 1.42 bits per heavy atom. The molecule has 0 saturated carbocycles. The summed E-state index contributed by atoms with van der Waals surface area (Å²) in [5.74, 6) is -2.69. The second-order valence-corrected chi connectivity index (χ2v) is 21.0. The van der Waals surface area contributed by atoms with Crippen LogP contribution in [-0.4, -0.2) is 170 Å². The summed E-state index contributed by atoms with van der Waals surface area (Å²) < 4.78 is 7.85. The van der Waals surface area contributed by atoms with Crippen LogP contribution in [0, 0.1) is 6.92 Å². The summed E-state index contributed by atoms with van der Waals surface area (Å²) in [4.78, 5) is 97.5. The molecule has 0 radical (unpaired) electrons. The minimum absolute atomic E-state index is 0.0271. The van der Waals surface area contributed by atoms with E-state index in [-0.39, 0.29) is 100 Å². The third-order valence-electron chi connectivity index (χ3n) is 11.9. The monoisotopic (exact) mass is 1010 g/mol. The van der Waals surface area contributed by atoms with E-state index in [0.29, 0.717) is 48.4 Å². The maximum absolute atomic E-state index is 14.2. The molecule has 3 rings (SSSR count). The number of aromatic nitrogens is 3. The second kappa shape index (κ2) is 29.5. The molecule has 0 fully saturated rings. The lowest BCUT2D eigenvalue weighted by Crippen LogP contribution is -2.48. The molecule has 1 heterocycles. The number of hydrogen-bond donors (Lipinski definition) is 1. The molecule has 0 aliphatic rings. The number of carbonyl (C=O) groups excluding carboxylic acids is 7. The number of carboxylic acid groups (broad SMARTS) is 1. The van der Waals surface area contributed by atoms with E-state index in [1.165, 1.54) is 41.6 Å². The lowest BCUT2D eigenvalue weighted by molar-refractivity contribution is -0.903. The van der Waals surface area contributed by atoms with Crippen molar-refractivity contribution in [3.8, 4) is 0 Å². The predicted molar refractivity (Wildman–Crippen MR) is 272 cm³/mol. The van der Waals surface area contributed by atoms with Gasteiger partial charge in [0.2, 0.25) is 29.5 Å². The number of thioether (sulfide) groups is 1. The van der Waals surface area contributed by atoms with Crippen LogP contribution >= 0.6 is 11.8 Å². The smallest absolute Gasteiger partial charge is 0.308 e. The van der Waals surface area contributed by atoms with Crippen molar-refractivity contribution in [3.63, 3.8) is 0 Å². The van der Waals surface area contributed by atoms with Gasteiger partial charge < -0.3 is 44.0 Å². The molecule has 0 bridgehead atoms. The fourth-order valence-electron chi connectivity index (χ4n) is 7.73. The lowest BCUT2D eigenvalue weighted by atomic mass is 10.1. The third kappa shape index (κ3) is 23.3. The topological polar surface area (TPSA) is 207 Å². The van der Waals surface area contributed by atoms with Crippen LogP contribution in [0.4, 0.5) is 0 Å². The largest absolute Gasteiger partial charge is 0.548 e. The summed E-state index contributed by atoms with van der Waals surface area (Å²) in [6.45, 7) is 17.1. The van der Waals surface area contributed by atoms with Crippen molar-refractivity contribution >= 4 is 53.2 Å². The molecule has 0 aliphatic heterocycles. The number of aliphatic carboxylic acids is 1. The van der Waals surface area contributed by atoms with Gasteiger partial charge in [-0.2, -0.15) is 11.8 Å². The Labute approximate surface area is 425 Å². The number of quaternary nitrogens is 1. The molecule has 2 atom stereocenters. The molecule has 71 heavy (non-hydrogen) atoms. The average Bonchev–Trinajstić information content (AvgIpc) is 3.74. The van der Waals surface area contributed by atoms with Gasteiger partial charge >= 0.3 is 5.97 Å². The molecule has 1 N–H and O–H groups in total. The van der Waals surface area contributed by atoms with Gasteiger partial charge in [0, 0.05) is 83.2 Å². The summed E-state index contributed by atoms with van der Waals surface area (Å²) in [7, 11) is 4.21. The number of amides is 5. The minimum Gasteiger partial charge on any atom is -0.548 e. The Kier molecular flexibility index (Phi) is 24.7. The molecular formula is C52H79N9O9S. The highest BCUT2D eigenvalue weighted by Gasteiger charge is 2.27. The molecule has 18 nitrogen and oxygen atoms in total. The number of carbonyl (C=O) groups is 7. The molecule has 0 spiro atoms. The highest BCUT2D eigenvalue weighted by atomic mass is 32.2. The standard InChI is InChI=1S/C52H79N9O9S/c1-11-40(3)60(30-24-48(65)58(29-25-50(67)70-52(6,7)8)35-45-36-59(55-54-45)34-43-16-13-12-14-17-43)49(66)23-28-57(26-15-33-71-38-46(51(68)69)53-41(4)62)47(64)22-27-56(42(5)63)31-32-61(9,10)37-44-20-18-39(2)19-21-44/h12-14,16-21,36,40,46H,11,15,22-35,37-38H2,1-10H3,(H-,53,62,68,69)/t40-,46-/m0/s1. The summed E-state index contributed by atoms with van der Waals surface area (Å²) in [6.07, 6.45) is 2.77. The van der Waals surface area contributed by atoms with E-state index in [0.717, 1.165) is 12.1 Å². The first kappa shape index (κ1) is 59.5. The molecule has 0 unspecified atom stereocenters. The first-order valence-corrected chi connectivity index (χ1v) is 25.8. The molecule has 2 aromatic carbocycles. The van der Waals surface area contributed by atoms with Crippen LogP contribution in [0.2, 0.25) is 0 Å². The van der Waals surface area contributed by atoms with Gasteiger partial charge in [-0.15, -0.1) is 5.10 Å². The zero-order valence-corrected chi connectivity index (χ0v) is 44.6. The number of ether oxygens (including phenoxy) is 1. The van der Waals surface area contributed by atoms with Crippen LogP contribution < -0.4 is 10.4 Å². The van der Waals surface area contributed by atoms with Gasteiger partial charge in [-0.3, -0.25) is 28.8 Å². The van der Waals surface area contributed by atoms with E-state index in [4.69, 9.17) is 4.74 Å². The van der Waals surface area contributed by atoms with E-state index in [1.807, 2.05) is 51.1 Å². The Balaban J connectivity index is 1.73. The van der Waals surface area contributed by atoms with Crippen molar-refractivity contribution in [2.75, 3.05) is 71.4 Å². The van der Waals surface area contributed by atoms with Crippen LogP contribution in [0.3, 0.4) is 0 Å². The zero-order valence-electron chi connectivity index (χ0n) is 43.8. The average molecular weight is 1010 g/mol. The minimum atomic E-state index is -1.39. The van der Waals surface area contributed by atoms with Gasteiger partial charge in [-0.25, -0.2) is 4.68 Å². The molecule has 0 aliphatic carbocycles. The third-order valence-corrected chi connectivity index (χ3v) is 13.0. The van der Waals surface area contributed by atoms with Gasteiger partial charge in [0.1, 0.15) is 17.8 Å². The van der Waals surface area contributed by atoms with E-state index < -0.39 is 29.5 Å². The molecule has 3 aromatic rings. The molecule has 5 amide bonds. The van der Waals surface area contributed by atoms with E-state index in [1.54, 1.807) is 46.3 Å². The normalized spacial score (nSPS) is 12.4. The van der Waals surface area contributed by atoms with Crippen molar-refractivity contribution in [1.29, 1.82) is 0 Å². The fraction of sp³-hybridized carbons (Fsp3) is 0.596. The Morgan fingerprint density at radius 1 is 0.803 bits per heavy atom. The molecule has 0 saturated heterocycles. The maximum atomic E-state index is 14.2. The number of likely N-dealkylation sites (N-methyl/N-ethyl adjacent to an activating group) is 1. The lowest BCUT2D eigenvalue weighted by Gasteiger charge is -2.33. The van der Waals surface area contributed by atoms with Crippen LogP contribution in [0.1, 0.15) is 109 Å². The fourth-order valence-corrected chi connectivity index (χ4v) is 8.69. The van der Waals surface area contributed by atoms with Gasteiger partial charge in [-0.05, 0) is 58.8 Å². The first-order chi connectivity index (χ1) is 33.4. The summed E-state index contributed by atoms with van der Waals surface area (Å²) in [5, 5.41) is 22.5. The van der Waals surface area contributed by atoms with Crippen molar-refractivity contribution in [3.05, 3.63) is 83.2 Å². The van der Waals surface area contributed by atoms with E-state index in [9.17, 15) is 38.7 Å². The molecular weight excluding hydrogens is 927 g/mol. The van der Waals surface area contributed by atoms with Gasteiger partial charge in [0.15, 0.2) is 0 Å². The maximum Gasteiger partial charge on any atom is 0.308 e. The number of nitrogens with one attached hydrogen (secondary N) is 1. The Hall–Kier alpha value is -5.82. The highest BCUT2D eigenvalue weighted by molar-refractivity contribution is 7.99. The summed E-state index contributed by atoms with van der Waals surface area (Å²) in [5.41, 5.74) is 3.24. The van der Waals surface area contributed by atoms with Crippen molar-refractivity contribution < 1.29 is 47.9 Å². The SMILES string of the molecule is CC[C@H](C)N(CCC(=O)N(CCC(=O)OC(C)(C)C)Cc1cn(Cc2ccccc2)nn1)C(=O)CCN(CCCSC[C@H](NC(C)=O)C(=O)[O-])C(=O)CCN(CC[N+](C)(C)Cc1ccc(C)cc1)C(C)=O. The number of aryl methyl sites for hydroxylation is 1. The van der Waals surface area contributed by atoms with Crippen molar-refractivity contribution in [2.45, 2.75) is 131 Å². The summed E-state index contributed by atoms with van der Waals surface area (Å²) >= 11 is 1.30. The van der Waals surface area contributed by atoms with Crippen molar-refractivity contribution in [1.82, 2.24) is 39.9 Å². The molecule has 19 heteroatoms. The molecule has 392 valence electrons. The Bertz CT molecular complexity index is 2180. The van der Waals surface area contributed by atoms with Crippen molar-refractivity contribution in [2.24, 2.45) is 0 Å². The summed E-state index contributed by atoms with van der Waals surface area (Å²) in [6, 6.07) is 16.8. The number of benzene rings is 2. The van der Waals surface area contributed by atoms with Crippen LogP contribution in [0.15, 0.2) is 60.8 Å². The van der Waals surface area contributed by atoms with Crippen LogP contribution in [0.25, 0.3) is 0 Å². The second-order valence-electron chi connectivity index (χ2n) is 19.8. The van der Waals surface area contributed by atoms with Gasteiger partial charge in [0.25, 0.3) is 0 Å².